The van der Waals surface area contributed by atoms with E-state index in [0.29, 0.717) is 28.1 Å². The van der Waals surface area contributed by atoms with Crippen LogP contribution in [0.3, 0.4) is 0 Å². The first-order valence-electron chi connectivity index (χ1n) is 5.45. The maximum atomic E-state index is 5.80. The van der Waals surface area contributed by atoms with Crippen LogP contribution in [0.1, 0.15) is 0 Å². The molecule has 2 N–H and O–H groups in total. The minimum Gasteiger partial charge on any atom is -0.496 e. The van der Waals surface area contributed by atoms with Crippen molar-refractivity contribution >= 4 is 17.3 Å². The minimum absolute atomic E-state index is 0.239. The third kappa shape index (κ3) is 3.20. The molecular formula is C13H13ClN2O3. The van der Waals surface area contributed by atoms with Crippen LogP contribution in [-0.4, -0.2) is 19.2 Å². The predicted molar refractivity (Wildman–Crippen MR) is 73.3 cm³/mol. The van der Waals surface area contributed by atoms with Gasteiger partial charge in [-0.1, -0.05) is 11.6 Å². The lowest BCUT2D eigenvalue weighted by atomic mass is 10.3. The molecule has 1 aromatic heterocycles. The molecule has 0 radical (unpaired) electrons. The van der Waals surface area contributed by atoms with E-state index in [1.54, 1.807) is 44.6 Å². The predicted octanol–water partition coefficient (Wildman–Crippen LogP) is 3.13. The van der Waals surface area contributed by atoms with Crippen molar-refractivity contribution in [3.8, 4) is 23.1 Å². The van der Waals surface area contributed by atoms with Crippen LogP contribution in [0.25, 0.3) is 0 Å². The average Bonchev–Trinajstić information content (AvgIpc) is 2.42. The van der Waals surface area contributed by atoms with Crippen LogP contribution in [0.5, 0.6) is 23.1 Å². The van der Waals surface area contributed by atoms with E-state index in [9.17, 15) is 0 Å². The first-order chi connectivity index (χ1) is 9.12. The number of anilines is 1. The Bertz CT molecular complexity index is 568. The van der Waals surface area contributed by atoms with Gasteiger partial charge in [0.1, 0.15) is 22.4 Å². The molecule has 0 aliphatic rings. The largest absolute Gasteiger partial charge is 0.496 e. The highest BCUT2D eigenvalue weighted by Crippen LogP contribution is 2.32. The van der Waals surface area contributed by atoms with Crippen LogP contribution in [-0.2, 0) is 0 Å². The van der Waals surface area contributed by atoms with Crippen molar-refractivity contribution in [2.45, 2.75) is 0 Å². The van der Waals surface area contributed by atoms with E-state index >= 15 is 0 Å². The van der Waals surface area contributed by atoms with E-state index < -0.39 is 0 Å². The zero-order valence-electron chi connectivity index (χ0n) is 10.5. The van der Waals surface area contributed by atoms with E-state index in [1.165, 1.54) is 0 Å². The second-order valence-corrected chi connectivity index (χ2v) is 4.07. The fraction of sp³-hybridized carbons (Fsp3) is 0.154. The van der Waals surface area contributed by atoms with Gasteiger partial charge in [0.05, 0.1) is 19.9 Å². The number of hydrogen-bond donors (Lipinski definition) is 1. The summed E-state index contributed by atoms with van der Waals surface area (Å²) in [6.07, 6.45) is 0. The Morgan fingerprint density at radius 2 is 1.58 bits per heavy atom. The zero-order chi connectivity index (χ0) is 13.8. The van der Waals surface area contributed by atoms with Crippen molar-refractivity contribution in [2.24, 2.45) is 0 Å². The highest BCUT2D eigenvalue weighted by molar-refractivity contribution is 6.29. The maximum absolute atomic E-state index is 5.80. The summed E-state index contributed by atoms with van der Waals surface area (Å²) in [7, 11) is 3.12. The van der Waals surface area contributed by atoms with Crippen molar-refractivity contribution in [1.29, 1.82) is 0 Å². The number of ether oxygens (including phenoxy) is 3. The summed E-state index contributed by atoms with van der Waals surface area (Å²) in [6.45, 7) is 0. The minimum atomic E-state index is 0.239. The third-order valence-corrected chi connectivity index (χ3v) is 2.61. The number of methoxy groups -OCH3 is 2. The standard InChI is InChI=1S/C13H13ClN2O3/c1-17-8-5-9(18-2)7-10(6-8)19-13-11(15)3-4-12(14)16-13/h3-7H,15H2,1-2H3. The molecule has 6 heteroatoms. The van der Waals surface area contributed by atoms with Crippen molar-refractivity contribution in [3.63, 3.8) is 0 Å². The van der Waals surface area contributed by atoms with Gasteiger partial charge in [-0.2, -0.15) is 4.98 Å². The van der Waals surface area contributed by atoms with Crippen LogP contribution in [0.15, 0.2) is 30.3 Å². The number of benzene rings is 1. The molecule has 0 saturated heterocycles. The second-order valence-electron chi connectivity index (χ2n) is 3.68. The summed E-state index contributed by atoms with van der Waals surface area (Å²) in [5.74, 6) is 1.95. The van der Waals surface area contributed by atoms with Crippen LogP contribution in [0.2, 0.25) is 5.15 Å². The Morgan fingerprint density at radius 3 is 2.16 bits per heavy atom. The molecule has 0 unspecified atom stereocenters. The molecule has 0 fully saturated rings. The monoisotopic (exact) mass is 280 g/mol. The van der Waals surface area contributed by atoms with E-state index in [4.69, 9.17) is 31.5 Å². The van der Waals surface area contributed by atoms with Crippen molar-refractivity contribution < 1.29 is 14.2 Å². The van der Waals surface area contributed by atoms with Crippen molar-refractivity contribution in [2.75, 3.05) is 20.0 Å². The molecule has 1 heterocycles. The number of aromatic nitrogens is 1. The lowest BCUT2D eigenvalue weighted by Crippen LogP contribution is -1.96. The summed E-state index contributed by atoms with van der Waals surface area (Å²) < 4.78 is 15.9. The Labute approximate surface area is 115 Å². The van der Waals surface area contributed by atoms with Gasteiger partial charge in [0.2, 0.25) is 5.88 Å². The van der Waals surface area contributed by atoms with Crippen molar-refractivity contribution in [1.82, 2.24) is 4.98 Å². The van der Waals surface area contributed by atoms with Gasteiger partial charge in [0.15, 0.2) is 0 Å². The molecular weight excluding hydrogens is 268 g/mol. The summed E-state index contributed by atoms with van der Waals surface area (Å²) in [6, 6.07) is 8.36. The first kappa shape index (κ1) is 13.3. The Hall–Kier alpha value is -2.14. The molecule has 19 heavy (non-hydrogen) atoms. The SMILES string of the molecule is COc1cc(OC)cc(Oc2nc(Cl)ccc2N)c1. The van der Waals surface area contributed by atoms with E-state index in [-0.39, 0.29) is 5.88 Å². The van der Waals surface area contributed by atoms with Crippen LogP contribution in [0.4, 0.5) is 5.69 Å². The molecule has 0 spiro atoms. The van der Waals surface area contributed by atoms with Gasteiger partial charge in [-0.3, -0.25) is 0 Å². The lowest BCUT2D eigenvalue weighted by Gasteiger charge is -2.10. The summed E-state index contributed by atoms with van der Waals surface area (Å²) in [5, 5.41) is 0.305. The number of hydrogen-bond acceptors (Lipinski definition) is 5. The molecule has 0 bridgehead atoms. The smallest absolute Gasteiger partial charge is 0.244 e. The number of nitrogens with zero attached hydrogens (tertiary/aromatic N) is 1. The van der Waals surface area contributed by atoms with E-state index in [1.807, 2.05) is 0 Å². The Morgan fingerprint density at radius 1 is 1.00 bits per heavy atom. The molecule has 0 atom stereocenters. The number of halogens is 1. The van der Waals surface area contributed by atoms with Gasteiger partial charge >= 0.3 is 0 Å². The third-order valence-electron chi connectivity index (χ3n) is 2.40. The van der Waals surface area contributed by atoms with Gasteiger partial charge in [0.25, 0.3) is 0 Å². The Balaban J connectivity index is 2.34. The molecule has 0 saturated carbocycles. The molecule has 0 aliphatic carbocycles. The molecule has 5 nitrogen and oxygen atoms in total. The highest BCUT2D eigenvalue weighted by Gasteiger charge is 2.08. The summed E-state index contributed by atoms with van der Waals surface area (Å²) >= 11 is 5.80. The van der Waals surface area contributed by atoms with Gasteiger partial charge in [-0.05, 0) is 12.1 Å². The lowest BCUT2D eigenvalue weighted by molar-refractivity contribution is 0.385. The maximum Gasteiger partial charge on any atom is 0.244 e. The van der Waals surface area contributed by atoms with Crippen LogP contribution in [0, 0.1) is 0 Å². The fourth-order valence-electron chi connectivity index (χ4n) is 1.46. The second kappa shape index (κ2) is 5.67. The molecule has 1 aromatic carbocycles. The van der Waals surface area contributed by atoms with Crippen molar-refractivity contribution in [3.05, 3.63) is 35.5 Å². The quantitative estimate of drug-likeness (QED) is 0.872. The Kier molecular flexibility index (Phi) is 3.97. The molecule has 100 valence electrons. The molecule has 2 rings (SSSR count). The highest BCUT2D eigenvalue weighted by atomic mass is 35.5. The number of nitrogens with two attached hydrogens (primary N) is 1. The number of nitrogen functional groups attached to an aromatic ring is 1. The van der Waals surface area contributed by atoms with Crippen LogP contribution < -0.4 is 19.9 Å². The van der Waals surface area contributed by atoms with Gasteiger partial charge in [-0.25, -0.2) is 0 Å². The van der Waals surface area contributed by atoms with Gasteiger partial charge in [-0.15, -0.1) is 0 Å². The first-order valence-corrected chi connectivity index (χ1v) is 5.83. The molecule has 0 aliphatic heterocycles. The van der Waals surface area contributed by atoms with Gasteiger partial charge in [0, 0.05) is 18.2 Å². The number of rotatable bonds is 4. The normalized spacial score (nSPS) is 10.1. The fourth-order valence-corrected chi connectivity index (χ4v) is 1.60. The van der Waals surface area contributed by atoms with Gasteiger partial charge < -0.3 is 19.9 Å². The zero-order valence-corrected chi connectivity index (χ0v) is 11.3. The van der Waals surface area contributed by atoms with E-state index in [0.717, 1.165) is 0 Å². The van der Waals surface area contributed by atoms with Crippen LogP contribution >= 0.6 is 11.6 Å². The average molecular weight is 281 g/mol. The molecule has 0 amide bonds. The van der Waals surface area contributed by atoms with E-state index in [2.05, 4.69) is 4.98 Å². The molecule has 2 aromatic rings. The summed E-state index contributed by atoms with van der Waals surface area (Å²) in [4.78, 5) is 4.02. The topological polar surface area (TPSA) is 66.6 Å². The number of pyridine rings is 1. The summed E-state index contributed by atoms with van der Waals surface area (Å²) in [5.41, 5.74) is 6.16.